The molecule has 0 aromatic heterocycles. The Morgan fingerprint density at radius 2 is 2.00 bits per heavy atom. The molecular formula is C17H16N2O3S. The van der Waals surface area contributed by atoms with Crippen LogP contribution in [0.2, 0.25) is 0 Å². The first-order valence-electron chi connectivity index (χ1n) is 7.27. The zero-order valence-electron chi connectivity index (χ0n) is 12.7. The molecule has 0 aliphatic carbocycles. The number of hydrogen-bond acceptors (Lipinski definition) is 4. The van der Waals surface area contributed by atoms with Crippen molar-refractivity contribution < 1.29 is 14.7 Å². The third-order valence-corrected chi connectivity index (χ3v) is 4.66. The van der Waals surface area contributed by atoms with Gasteiger partial charge in [0.25, 0.3) is 11.8 Å². The SMILES string of the molecule is CC(C)C1=C2C=C(C(=O)Nc3ccccc3)C(=O)N=C2SC1O. The van der Waals surface area contributed by atoms with Crippen LogP contribution in [-0.4, -0.2) is 27.4 Å². The lowest BCUT2D eigenvalue weighted by atomic mass is 9.95. The molecule has 1 atom stereocenters. The van der Waals surface area contributed by atoms with Crippen molar-refractivity contribution in [2.75, 3.05) is 5.32 Å². The van der Waals surface area contributed by atoms with Gasteiger partial charge in [0.15, 0.2) is 0 Å². The van der Waals surface area contributed by atoms with E-state index < -0.39 is 17.3 Å². The van der Waals surface area contributed by atoms with Crippen LogP contribution in [0.5, 0.6) is 0 Å². The fourth-order valence-electron chi connectivity index (χ4n) is 2.56. The summed E-state index contributed by atoms with van der Waals surface area (Å²) in [6.07, 6.45) is 1.54. The number of nitrogens with one attached hydrogen (secondary N) is 1. The molecule has 3 rings (SSSR count). The van der Waals surface area contributed by atoms with E-state index in [-0.39, 0.29) is 11.5 Å². The number of aliphatic imine (C=N–C) groups is 1. The number of rotatable bonds is 3. The van der Waals surface area contributed by atoms with Crippen LogP contribution >= 0.6 is 11.8 Å². The summed E-state index contributed by atoms with van der Waals surface area (Å²) in [6.45, 7) is 3.92. The van der Waals surface area contributed by atoms with E-state index in [9.17, 15) is 14.7 Å². The maximum Gasteiger partial charge on any atom is 0.283 e. The largest absolute Gasteiger partial charge is 0.378 e. The quantitative estimate of drug-likeness (QED) is 0.836. The summed E-state index contributed by atoms with van der Waals surface area (Å²) < 4.78 is 0. The van der Waals surface area contributed by atoms with Gasteiger partial charge in [-0.1, -0.05) is 43.8 Å². The molecule has 0 saturated carbocycles. The normalized spacial score (nSPS) is 20.3. The molecule has 2 heterocycles. The van der Waals surface area contributed by atoms with Gasteiger partial charge in [-0.2, -0.15) is 0 Å². The molecule has 5 nitrogen and oxygen atoms in total. The summed E-state index contributed by atoms with van der Waals surface area (Å²) in [5, 5.41) is 13.3. The number of thioether (sulfide) groups is 1. The Labute approximate surface area is 138 Å². The molecule has 118 valence electrons. The highest BCUT2D eigenvalue weighted by molar-refractivity contribution is 8.15. The fourth-order valence-corrected chi connectivity index (χ4v) is 3.74. The highest BCUT2D eigenvalue weighted by atomic mass is 32.2. The zero-order chi connectivity index (χ0) is 16.6. The Bertz CT molecular complexity index is 763. The first-order valence-corrected chi connectivity index (χ1v) is 8.15. The van der Waals surface area contributed by atoms with Gasteiger partial charge >= 0.3 is 0 Å². The number of dihydropyridines is 1. The number of para-hydroxylation sites is 1. The van der Waals surface area contributed by atoms with Gasteiger partial charge in [-0.15, -0.1) is 0 Å². The predicted octanol–water partition coefficient (Wildman–Crippen LogP) is 2.51. The first kappa shape index (κ1) is 15.7. The summed E-state index contributed by atoms with van der Waals surface area (Å²) >= 11 is 1.14. The van der Waals surface area contributed by atoms with E-state index in [1.54, 1.807) is 30.3 Å². The van der Waals surface area contributed by atoms with Gasteiger partial charge in [-0.25, -0.2) is 4.99 Å². The smallest absolute Gasteiger partial charge is 0.283 e. The fraction of sp³-hybridized carbons (Fsp3) is 0.235. The summed E-state index contributed by atoms with van der Waals surface area (Å²) in [4.78, 5) is 28.4. The highest BCUT2D eigenvalue weighted by Gasteiger charge is 2.35. The Morgan fingerprint density at radius 3 is 2.65 bits per heavy atom. The maximum atomic E-state index is 12.4. The average molecular weight is 328 g/mol. The molecule has 2 N–H and O–H groups in total. The van der Waals surface area contributed by atoms with Crippen LogP contribution < -0.4 is 5.32 Å². The highest BCUT2D eigenvalue weighted by Crippen LogP contribution is 2.40. The number of benzene rings is 1. The molecule has 0 bridgehead atoms. The van der Waals surface area contributed by atoms with Crippen LogP contribution in [0, 0.1) is 5.92 Å². The van der Waals surface area contributed by atoms with Crippen LogP contribution in [0.3, 0.4) is 0 Å². The molecule has 2 amide bonds. The molecule has 6 heteroatoms. The van der Waals surface area contributed by atoms with Crippen molar-refractivity contribution in [3.8, 4) is 0 Å². The van der Waals surface area contributed by atoms with Gasteiger partial charge in [0, 0.05) is 11.3 Å². The summed E-state index contributed by atoms with van der Waals surface area (Å²) in [5.41, 5.74) is 1.37. The van der Waals surface area contributed by atoms with Crippen molar-refractivity contribution in [1.29, 1.82) is 0 Å². The standard InChI is InChI=1S/C17H16N2O3S/c1-9(2)13-11-8-12(15(21)19-16(11)23-17(13)22)14(20)18-10-6-4-3-5-7-10/h3-9,17,22H,1-2H3,(H,18,20). The van der Waals surface area contributed by atoms with E-state index in [1.165, 1.54) is 0 Å². The van der Waals surface area contributed by atoms with E-state index in [2.05, 4.69) is 10.3 Å². The molecule has 1 aromatic carbocycles. The third-order valence-electron chi connectivity index (χ3n) is 3.65. The lowest BCUT2D eigenvalue weighted by Crippen LogP contribution is -2.23. The van der Waals surface area contributed by atoms with E-state index in [4.69, 9.17) is 0 Å². The van der Waals surface area contributed by atoms with Crippen molar-refractivity contribution in [2.24, 2.45) is 10.9 Å². The van der Waals surface area contributed by atoms with Crippen molar-refractivity contribution >= 4 is 34.3 Å². The Kier molecular flexibility index (Phi) is 4.19. The zero-order valence-corrected chi connectivity index (χ0v) is 13.6. The molecule has 0 radical (unpaired) electrons. The van der Waals surface area contributed by atoms with Crippen molar-refractivity contribution in [1.82, 2.24) is 0 Å². The van der Waals surface area contributed by atoms with E-state index in [0.29, 0.717) is 16.3 Å². The Hall–Kier alpha value is -2.18. The maximum absolute atomic E-state index is 12.4. The van der Waals surface area contributed by atoms with Crippen molar-refractivity contribution in [3.05, 3.63) is 53.1 Å². The number of fused-ring (bicyclic) bond motifs is 1. The molecule has 0 spiro atoms. The molecular weight excluding hydrogens is 312 g/mol. The number of amides is 2. The van der Waals surface area contributed by atoms with Gasteiger partial charge in [0.05, 0.1) is 0 Å². The van der Waals surface area contributed by atoms with Crippen LogP contribution in [-0.2, 0) is 9.59 Å². The van der Waals surface area contributed by atoms with Gasteiger partial charge < -0.3 is 10.4 Å². The molecule has 2 aliphatic heterocycles. The van der Waals surface area contributed by atoms with Gasteiger partial charge in [0.1, 0.15) is 16.1 Å². The summed E-state index contributed by atoms with van der Waals surface area (Å²) in [6, 6.07) is 8.93. The van der Waals surface area contributed by atoms with Crippen LogP contribution in [0.25, 0.3) is 0 Å². The van der Waals surface area contributed by atoms with E-state index in [1.807, 2.05) is 19.9 Å². The molecule has 0 saturated heterocycles. The number of nitrogens with zero attached hydrogens (tertiary/aromatic N) is 1. The summed E-state index contributed by atoms with van der Waals surface area (Å²) in [5.74, 6) is -0.976. The minimum Gasteiger partial charge on any atom is -0.378 e. The van der Waals surface area contributed by atoms with Crippen molar-refractivity contribution in [3.63, 3.8) is 0 Å². The van der Waals surface area contributed by atoms with Gasteiger partial charge in [-0.05, 0) is 29.7 Å². The second-order valence-electron chi connectivity index (χ2n) is 5.59. The monoisotopic (exact) mass is 328 g/mol. The topological polar surface area (TPSA) is 78.8 Å². The van der Waals surface area contributed by atoms with Crippen LogP contribution in [0.4, 0.5) is 5.69 Å². The molecule has 1 unspecified atom stereocenters. The number of carbonyl (C=O) groups is 2. The predicted molar refractivity (Wildman–Crippen MR) is 91.1 cm³/mol. The average Bonchev–Trinajstić information content (AvgIpc) is 2.82. The second-order valence-corrected chi connectivity index (χ2v) is 6.66. The number of hydrogen-bond donors (Lipinski definition) is 2. The number of carbonyl (C=O) groups excluding carboxylic acids is 2. The Morgan fingerprint density at radius 1 is 1.30 bits per heavy atom. The number of allylic oxidation sites excluding steroid dienone is 1. The van der Waals surface area contributed by atoms with Gasteiger partial charge in [-0.3, -0.25) is 9.59 Å². The minimum atomic E-state index is -0.718. The van der Waals surface area contributed by atoms with E-state index in [0.717, 1.165) is 17.3 Å². The third kappa shape index (κ3) is 3.00. The number of aliphatic hydroxyl groups is 1. The lowest BCUT2D eigenvalue weighted by Gasteiger charge is -2.13. The minimum absolute atomic E-state index is 0.0135. The van der Waals surface area contributed by atoms with Crippen LogP contribution in [0.1, 0.15) is 13.8 Å². The lowest BCUT2D eigenvalue weighted by molar-refractivity contribution is -0.119. The molecule has 2 aliphatic rings. The molecule has 0 fully saturated rings. The van der Waals surface area contributed by atoms with Crippen molar-refractivity contribution in [2.45, 2.75) is 19.3 Å². The molecule has 23 heavy (non-hydrogen) atoms. The van der Waals surface area contributed by atoms with E-state index >= 15 is 0 Å². The number of aliphatic hydroxyl groups excluding tert-OH is 1. The Balaban J connectivity index is 1.94. The molecule has 1 aromatic rings. The van der Waals surface area contributed by atoms with Gasteiger partial charge in [0.2, 0.25) is 0 Å². The summed E-state index contributed by atoms with van der Waals surface area (Å²) in [7, 11) is 0. The van der Waals surface area contributed by atoms with Crippen LogP contribution in [0.15, 0.2) is 58.1 Å². The first-order chi connectivity index (χ1) is 11.0. The number of anilines is 1. The second kappa shape index (κ2) is 6.14.